The Morgan fingerprint density at radius 1 is 1.22 bits per heavy atom. The first kappa shape index (κ1) is 25.6. The van der Waals surface area contributed by atoms with Gasteiger partial charge in [0.15, 0.2) is 11.2 Å². The summed E-state index contributed by atoms with van der Waals surface area (Å²) in [6.45, 7) is -0.0633. The lowest BCUT2D eigenvalue weighted by molar-refractivity contribution is 0.0938. The number of hydrazone groups is 1. The lowest BCUT2D eigenvalue weighted by Gasteiger charge is -2.15. The normalized spacial score (nSPS) is 12.8. The van der Waals surface area contributed by atoms with Crippen molar-refractivity contribution in [2.45, 2.75) is 12.6 Å². The first-order chi connectivity index (χ1) is 17.3. The van der Waals surface area contributed by atoms with Gasteiger partial charge in [-0.1, -0.05) is 46.3 Å². The molecule has 2 heterocycles. The van der Waals surface area contributed by atoms with Crippen LogP contribution in [0.25, 0.3) is 17.2 Å². The molecule has 0 fully saturated rings. The van der Waals surface area contributed by atoms with Crippen LogP contribution in [0, 0.1) is 0 Å². The van der Waals surface area contributed by atoms with Crippen molar-refractivity contribution >= 4 is 61.3 Å². The molecule has 4 rings (SSSR count). The Morgan fingerprint density at radius 2 is 1.94 bits per heavy atom. The number of aromatic amines is 1. The minimum Gasteiger partial charge on any atom is -0.491 e. The van der Waals surface area contributed by atoms with E-state index < -0.39 is 17.4 Å². The zero-order valence-electron chi connectivity index (χ0n) is 19.1. The first-order valence-corrected chi connectivity index (χ1v) is 12.4. The highest BCUT2D eigenvalue weighted by Gasteiger charge is 2.20. The number of nitrogens with one attached hydrogen (secondary N) is 2. The average molecular weight is 618 g/mol. The van der Waals surface area contributed by atoms with Crippen molar-refractivity contribution in [1.82, 2.24) is 19.1 Å². The van der Waals surface area contributed by atoms with E-state index in [1.807, 2.05) is 48.5 Å². The van der Waals surface area contributed by atoms with Gasteiger partial charge in [0.2, 0.25) is 5.95 Å². The summed E-state index contributed by atoms with van der Waals surface area (Å²) in [5, 5.41) is 14.9. The van der Waals surface area contributed by atoms with E-state index >= 15 is 0 Å². The molecule has 0 bridgehead atoms. The number of H-pyrrole nitrogens is 1. The second-order valence-corrected chi connectivity index (χ2v) is 9.60. The summed E-state index contributed by atoms with van der Waals surface area (Å²) in [6.07, 6.45) is 2.43. The third kappa shape index (κ3) is 6.20. The van der Waals surface area contributed by atoms with Crippen LogP contribution in [0.3, 0.4) is 0 Å². The van der Waals surface area contributed by atoms with E-state index in [1.54, 1.807) is 12.1 Å². The van der Waals surface area contributed by atoms with Gasteiger partial charge >= 0.3 is 5.69 Å². The number of imidazole rings is 1. The number of rotatable bonds is 9. The van der Waals surface area contributed by atoms with Crippen molar-refractivity contribution in [2.24, 2.45) is 12.1 Å². The molecule has 3 N–H and O–H groups in total. The summed E-state index contributed by atoms with van der Waals surface area (Å²) in [6, 6.07) is 16.9. The van der Waals surface area contributed by atoms with Crippen LogP contribution in [0.4, 0.5) is 5.95 Å². The van der Waals surface area contributed by atoms with Crippen LogP contribution in [0.2, 0.25) is 0 Å². The molecule has 1 atom stereocenters. The molecule has 0 aliphatic heterocycles. The maximum absolute atomic E-state index is 12.6. The lowest BCUT2D eigenvalue weighted by Crippen LogP contribution is -2.30. The Hall–Kier alpha value is -3.48. The SMILES string of the molecule is Cn1c(=O)[nH]c(=O)c2c1nc(N/N=C\C(Br)=C\c1ccccc1)n2CC(O)COc1ccc(Br)cc1. The summed E-state index contributed by atoms with van der Waals surface area (Å²) in [5.74, 6) is 0.765. The molecule has 0 saturated carbocycles. The Morgan fingerprint density at radius 3 is 2.67 bits per heavy atom. The van der Waals surface area contributed by atoms with Crippen LogP contribution in [0.1, 0.15) is 5.56 Å². The Bertz CT molecular complexity index is 1520. The van der Waals surface area contributed by atoms with Crippen LogP contribution in [0.15, 0.2) is 78.2 Å². The van der Waals surface area contributed by atoms with Gasteiger partial charge in [-0.05, 0) is 51.8 Å². The van der Waals surface area contributed by atoms with Crippen molar-refractivity contribution in [3.8, 4) is 5.75 Å². The number of fused-ring (bicyclic) bond motifs is 1. The van der Waals surface area contributed by atoms with Gasteiger partial charge in [-0.15, -0.1) is 0 Å². The minimum absolute atomic E-state index is 0.0287. The number of aliphatic hydroxyl groups excluding tert-OH is 1. The predicted octanol–water partition coefficient (Wildman–Crippen LogP) is 3.46. The van der Waals surface area contributed by atoms with Crippen molar-refractivity contribution in [1.29, 1.82) is 0 Å². The third-order valence-corrected chi connectivity index (χ3v) is 6.08. The molecule has 0 amide bonds. The molecule has 0 aliphatic rings. The van der Waals surface area contributed by atoms with E-state index in [-0.39, 0.29) is 30.3 Å². The average Bonchev–Trinajstić information content (AvgIpc) is 3.21. The summed E-state index contributed by atoms with van der Waals surface area (Å²) in [5.41, 5.74) is 2.85. The molecule has 4 aromatic rings. The highest BCUT2D eigenvalue weighted by molar-refractivity contribution is 9.12. The molecular weight excluding hydrogens is 596 g/mol. The van der Waals surface area contributed by atoms with Crippen LogP contribution in [0.5, 0.6) is 5.75 Å². The monoisotopic (exact) mass is 616 g/mol. The zero-order valence-corrected chi connectivity index (χ0v) is 22.2. The van der Waals surface area contributed by atoms with Gasteiger partial charge in [0.1, 0.15) is 18.5 Å². The number of hydrogen-bond acceptors (Lipinski definition) is 7. The van der Waals surface area contributed by atoms with Gasteiger partial charge in [0.05, 0.1) is 12.8 Å². The number of ether oxygens (including phenoxy) is 1. The molecule has 0 spiro atoms. The molecule has 1 unspecified atom stereocenters. The van der Waals surface area contributed by atoms with Gasteiger partial charge in [-0.25, -0.2) is 10.2 Å². The van der Waals surface area contributed by atoms with Crippen molar-refractivity contribution in [3.63, 3.8) is 0 Å². The molecular formula is C24H22Br2N6O4. The Labute approximate surface area is 222 Å². The second-order valence-electron chi connectivity index (χ2n) is 7.77. The number of nitrogens with zero attached hydrogens (tertiary/aromatic N) is 4. The largest absolute Gasteiger partial charge is 0.491 e. The number of aryl methyl sites for hydroxylation is 1. The van der Waals surface area contributed by atoms with Gasteiger partial charge < -0.3 is 14.4 Å². The number of halogens is 2. The van der Waals surface area contributed by atoms with E-state index in [2.05, 4.69) is 52.4 Å². The molecule has 2 aromatic heterocycles. The highest BCUT2D eigenvalue weighted by atomic mass is 79.9. The van der Waals surface area contributed by atoms with Crippen LogP contribution < -0.4 is 21.4 Å². The van der Waals surface area contributed by atoms with Crippen molar-refractivity contribution in [2.75, 3.05) is 12.0 Å². The van der Waals surface area contributed by atoms with Crippen LogP contribution in [-0.4, -0.2) is 43.1 Å². The smallest absolute Gasteiger partial charge is 0.329 e. The Kier molecular flexibility index (Phi) is 8.18. The number of hydrogen-bond donors (Lipinski definition) is 3. The Balaban J connectivity index is 1.58. The highest BCUT2D eigenvalue weighted by Crippen LogP contribution is 2.19. The van der Waals surface area contributed by atoms with Gasteiger partial charge in [0, 0.05) is 16.0 Å². The van der Waals surface area contributed by atoms with Crippen molar-refractivity contribution in [3.05, 3.63) is 90.0 Å². The summed E-state index contributed by atoms with van der Waals surface area (Å²) >= 11 is 6.81. The fraction of sp³-hybridized carbons (Fsp3) is 0.167. The van der Waals surface area contributed by atoms with Crippen LogP contribution >= 0.6 is 31.9 Å². The molecule has 12 heteroatoms. The lowest BCUT2D eigenvalue weighted by atomic mass is 10.2. The topological polar surface area (TPSA) is 127 Å². The van der Waals surface area contributed by atoms with E-state index in [9.17, 15) is 14.7 Å². The van der Waals surface area contributed by atoms with E-state index in [1.165, 1.54) is 22.4 Å². The van der Waals surface area contributed by atoms with E-state index in [0.29, 0.717) is 10.2 Å². The number of benzene rings is 2. The van der Waals surface area contributed by atoms with Gasteiger partial charge in [0.25, 0.3) is 5.56 Å². The number of anilines is 1. The number of allylic oxidation sites excluding steroid dienone is 1. The molecule has 36 heavy (non-hydrogen) atoms. The summed E-state index contributed by atoms with van der Waals surface area (Å²) < 4.78 is 9.94. The predicted molar refractivity (Wildman–Crippen MR) is 147 cm³/mol. The fourth-order valence-corrected chi connectivity index (χ4v) is 4.01. The van der Waals surface area contributed by atoms with Crippen LogP contribution in [-0.2, 0) is 13.6 Å². The van der Waals surface area contributed by atoms with E-state index in [0.717, 1.165) is 10.0 Å². The molecule has 0 saturated heterocycles. The number of aromatic nitrogens is 4. The molecule has 2 aromatic carbocycles. The maximum Gasteiger partial charge on any atom is 0.329 e. The summed E-state index contributed by atoms with van der Waals surface area (Å²) in [7, 11) is 1.50. The maximum atomic E-state index is 12.6. The minimum atomic E-state index is -0.989. The molecule has 10 nitrogen and oxygen atoms in total. The molecule has 186 valence electrons. The fourth-order valence-electron chi connectivity index (χ4n) is 3.38. The second kappa shape index (κ2) is 11.5. The van der Waals surface area contributed by atoms with Crippen molar-refractivity contribution < 1.29 is 9.84 Å². The third-order valence-electron chi connectivity index (χ3n) is 5.11. The molecule has 0 aliphatic carbocycles. The number of aliphatic hydroxyl groups is 1. The standard InChI is InChI=1S/C24H22Br2N6O4/c1-31-21-20(22(34)29-24(31)35)32(13-18(33)14-36-19-9-7-16(25)8-10-19)23(28-21)30-27-12-17(26)11-15-5-3-2-4-6-15/h2-12,18,33H,13-14H2,1H3,(H,28,30)(H,29,34,35)/b17-11-,27-12-. The quantitative estimate of drug-likeness (QED) is 0.195. The molecule has 0 radical (unpaired) electrons. The summed E-state index contributed by atoms with van der Waals surface area (Å²) in [4.78, 5) is 31.4. The van der Waals surface area contributed by atoms with Gasteiger partial charge in [-0.3, -0.25) is 14.3 Å². The zero-order chi connectivity index (χ0) is 25.7. The van der Waals surface area contributed by atoms with E-state index in [4.69, 9.17) is 4.74 Å². The first-order valence-electron chi connectivity index (χ1n) is 10.8. The van der Waals surface area contributed by atoms with Gasteiger partial charge in [-0.2, -0.15) is 10.1 Å².